The van der Waals surface area contributed by atoms with Crippen LogP contribution >= 0.6 is 11.6 Å². The molecular formula is C20H24ClN3O4. The summed E-state index contributed by atoms with van der Waals surface area (Å²) in [5.74, 6) is -1.05. The Hall–Kier alpha value is -2.54. The maximum absolute atomic E-state index is 12.3. The number of carboxylic acid groups (broad SMARTS) is 1. The number of carbonyl (C=O) groups is 2. The minimum atomic E-state index is -1.02. The third-order valence-electron chi connectivity index (χ3n) is 4.62. The van der Waals surface area contributed by atoms with Gasteiger partial charge in [-0.15, -0.1) is 0 Å². The number of nitrogens with zero attached hydrogens (tertiary/aromatic N) is 3. The highest BCUT2D eigenvalue weighted by Crippen LogP contribution is 2.33. The van der Waals surface area contributed by atoms with E-state index in [0.29, 0.717) is 42.3 Å². The number of likely N-dealkylation sites (tertiary alicyclic amines) is 1. The molecule has 1 aromatic heterocycles. The van der Waals surface area contributed by atoms with E-state index in [1.165, 1.54) is 6.20 Å². The van der Waals surface area contributed by atoms with Gasteiger partial charge in [0, 0.05) is 24.0 Å². The average molecular weight is 406 g/mol. The third-order valence-corrected chi connectivity index (χ3v) is 4.86. The lowest BCUT2D eigenvalue weighted by Crippen LogP contribution is -2.41. The van der Waals surface area contributed by atoms with E-state index in [0.717, 1.165) is 0 Å². The van der Waals surface area contributed by atoms with Crippen molar-refractivity contribution in [3.8, 4) is 5.69 Å². The van der Waals surface area contributed by atoms with Gasteiger partial charge in [-0.05, 0) is 51.8 Å². The van der Waals surface area contributed by atoms with Crippen molar-refractivity contribution in [1.82, 2.24) is 14.7 Å². The molecule has 7 nitrogen and oxygen atoms in total. The fourth-order valence-electron chi connectivity index (χ4n) is 3.39. The van der Waals surface area contributed by atoms with Crippen LogP contribution in [-0.2, 0) is 4.74 Å². The number of hydrogen-bond acceptors (Lipinski definition) is 4. The summed E-state index contributed by atoms with van der Waals surface area (Å²) in [5, 5.41) is 14.5. The van der Waals surface area contributed by atoms with Crippen LogP contribution in [0, 0.1) is 0 Å². The van der Waals surface area contributed by atoms with Crippen LogP contribution in [0.3, 0.4) is 0 Å². The van der Waals surface area contributed by atoms with Gasteiger partial charge < -0.3 is 14.7 Å². The number of carboxylic acids is 1. The molecule has 1 saturated heterocycles. The van der Waals surface area contributed by atoms with E-state index in [9.17, 15) is 14.7 Å². The zero-order valence-electron chi connectivity index (χ0n) is 16.2. The summed E-state index contributed by atoms with van der Waals surface area (Å²) in [5.41, 5.74) is 0.981. The number of halogens is 1. The molecule has 1 amide bonds. The number of aromatic nitrogens is 2. The van der Waals surface area contributed by atoms with Crippen molar-refractivity contribution in [2.75, 3.05) is 13.1 Å². The van der Waals surface area contributed by atoms with Crippen molar-refractivity contribution in [2.45, 2.75) is 45.1 Å². The molecule has 0 spiro atoms. The predicted molar refractivity (Wildman–Crippen MR) is 105 cm³/mol. The van der Waals surface area contributed by atoms with E-state index in [2.05, 4.69) is 5.10 Å². The van der Waals surface area contributed by atoms with Crippen LogP contribution in [0.5, 0.6) is 0 Å². The minimum absolute atomic E-state index is 0.0359. The molecule has 0 radical (unpaired) electrons. The standard InChI is InChI=1S/C20H24ClN3O4/c1-20(2,3)28-19(27)23-9-7-13(8-10-23)17-16(18(25)26)12-22-24(17)15-6-4-5-14(21)11-15/h4-6,11-13H,7-10H2,1-3H3,(H,25,26). The number of piperidine rings is 1. The average Bonchev–Trinajstić information content (AvgIpc) is 3.06. The second-order valence-electron chi connectivity index (χ2n) is 7.88. The van der Waals surface area contributed by atoms with Crippen molar-refractivity contribution < 1.29 is 19.4 Å². The second kappa shape index (κ2) is 7.83. The summed E-state index contributed by atoms with van der Waals surface area (Å²) in [4.78, 5) is 25.7. The highest BCUT2D eigenvalue weighted by atomic mass is 35.5. The number of amides is 1. The van der Waals surface area contributed by atoms with E-state index in [1.54, 1.807) is 27.8 Å². The molecule has 1 aromatic carbocycles. The molecule has 28 heavy (non-hydrogen) atoms. The normalized spacial score (nSPS) is 15.5. The number of carbonyl (C=O) groups excluding carboxylic acids is 1. The second-order valence-corrected chi connectivity index (χ2v) is 8.32. The van der Waals surface area contributed by atoms with E-state index < -0.39 is 11.6 Å². The van der Waals surface area contributed by atoms with Crippen LogP contribution in [0.25, 0.3) is 5.69 Å². The summed E-state index contributed by atoms with van der Waals surface area (Å²) in [6.07, 6.45) is 2.30. The molecule has 1 fully saturated rings. The molecule has 8 heteroatoms. The first kappa shape index (κ1) is 20.2. The van der Waals surface area contributed by atoms with E-state index in [4.69, 9.17) is 16.3 Å². The van der Waals surface area contributed by atoms with Gasteiger partial charge in [-0.2, -0.15) is 5.10 Å². The van der Waals surface area contributed by atoms with E-state index >= 15 is 0 Å². The van der Waals surface area contributed by atoms with E-state index in [1.807, 2.05) is 26.8 Å². The lowest BCUT2D eigenvalue weighted by atomic mass is 9.91. The molecule has 0 unspecified atom stereocenters. The molecule has 2 heterocycles. The van der Waals surface area contributed by atoms with Crippen LogP contribution in [0.2, 0.25) is 5.02 Å². The Bertz CT molecular complexity index is 880. The zero-order valence-corrected chi connectivity index (χ0v) is 16.9. The molecule has 0 atom stereocenters. The Morgan fingerprint density at radius 3 is 2.50 bits per heavy atom. The number of hydrogen-bond donors (Lipinski definition) is 1. The van der Waals surface area contributed by atoms with Crippen LogP contribution in [0.1, 0.15) is 55.6 Å². The van der Waals surface area contributed by atoms with Gasteiger partial charge in [0.25, 0.3) is 0 Å². The number of benzene rings is 1. The Morgan fingerprint density at radius 1 is 1.25 bits per heavy atom. The molecule has 150 valence electrons. The van der Waals surface area contributed by atoms with Crippen LogP contribution in [-0.4, -0.2) is 50.5 Å². The van der Waals surface area contributed by atoms with Crippen molar-refractivity contribution in [3.63, 3.8) is 0 Å². The zero-order chi connectivity index (χ0) is 20.5. The van der Waals surface area contributed by atoms with Gasteiger partial charge in [0.15, 0.2) is 0 Å². The van der Waals surface area contributed by atoms with Gasteiger partial charge in [0.1, 0.15) is 11.2 Å². The molecule has 0 aliphatic carbocycles. The highest BCUT2D eigenvalue weighted by molar-refractivity contribution is 6.30. The Balaban J connectivity index is 1.83. The number of rotatable bonds is 3. The summed E-state index contributed by atoms with van der Waals surface area (Å²) in [6, 6.07) is 7.14. The number of ether oxygens (including phenoxy) is 1. The first-order valence-electron chi connectivity index (χ1n) is 9.21. The van der Waals surface area contributed by atoms with Gasteiger partial charge in [-0.1, -0.05) is 17.7 Å². The maximum atomic E-state index is 12.3. The van der Waals surface area contributed by atoms with Crippen molar-refractivity contribution >= 4 is 23.7 Å². The molecule has 2 aromatic rings. The van der Waals surface area contributed by atoms with Gasteiger partial charge in [-0.25, -0.2) is 14.3 Å². The Morgan fingerprint density at radius 2 is 1.93 bits per heavy atom. The van der Waals surface area contributed by atoms with Crippen LogP contribution < -0.4 is 0 Å². The molecule has 1 aliphatic rings. The fourth-order valence-corrected chi connectivity index (χ4v) is 3.58. The van der Waals surface area contributed by atoms with Gasteiger partial charge in [0.05, 0.1) is 17.6 Å². The van der Waals surface area contributed by atoms with E-state index in [-0.39, 0.29) is 17.6 Å². The molecular weight excluding hydrogens is 382 g/mol. The first-order chi connectivity index (χ1) is 13.2. The van der Waals surface area contributed by atoms with Gasteiger partial charge >= 0.3 is 12.1 Å². The first-order valence-corrected chi connectivity index (χ1v) is 9.58. The SMILES string of the molecule is CC(C)(C)OC(=O)N1CCC(c2c(C(=O)O)cnn2-c2cccc(Cl)c2)CC1. The number of aromatic carboxylic acids is 1. The predicted octanol–water partition coefficient (Wildman–Crippen LogP) is 4.34. The molecule has 3 rings (SSSR count). The Labute approximate surface area is 168 Å². The van der Waals surface area contributed by atoms with Crippen LogP contribution in [0.15, 0.2) is 30.5 Å². The Kier molecular flexibility index (Phi) is 5.65. The summed E-state index contributed by atoms with van der Waals surface area (Å²) >= 11 is 6.09. The van der Waals surface area contributed by atoms with Crippen molar-refractivity contribution in [1.29, 1.82) is 0 Å². The van der Waals surface area contributed by atoms with Crippen LogP contribution in [0.4, 0.5) is 4.79 Å². The molecule has 1 aliphatic heterocycles. The quantitative estimate of drug-likeness (QED) is 0.821. The highest BCUT2D eigenvalue weighted by Gasteiger charge is 2.32. The summed E-state index contributed by atoms with van der Waals surface area (Å²) < 4.78 is 7.07. The van der Waals surface area contributed by atoms with Crippen molar-refractivity contribution in [3.05, 3.63) is 46.7 Å². The van der Waals surface area contributed by atoms with Gasteiger partial charge in [-0.3, -0.25) is 0 Å². The maximum Gasteiger partial charge on any atom is 0.410 e. The molecule has 0 saturated carbocycles. The largest absolute Gasteiger partial charge is 0.478 e. The molecule has 0 bridgehead atoms. The monoisotopic (exact) mass is 405 g/mol. The summed E-state index contributed by atoms with van der Waals surface area (Å²) in [7, 11) is 0. The summed E-state index contributed by atoms with van der Waals surface area (Å²) in [6.45, 7) is 6.50. The van der Waals surface area contributed by atoms with Gasteiger partial charge in [0.2, 0.25) is 0 Å². The lowest BCUT2D eigenvalue weighted by molar-refractivity contribution is 0.0202. The topological polar surface area (TPSA) is 84.7 Å². The minimum Gasteiger partial charge on any atom is -0.478 e. The smallest absolute Gasteiger partial charge is 0.410 e. The fraction of sp³-hybridized carbons (Fsp3) is 0.450. The molecule has 1 N–H and O–H groups in total. The third kappa shape index (κ3) is 4.47. The van der Waals surface area contributed by atoms with Crippen molar-refractivity contribution in [2.24, 2.45) is 0 Å². The lowest BCUT2D eigenvalue weighted by Gasteiger charge is -2.33.